The predicted octanol–water partition coefficient (Wildman–Crippen LogP) is 4.14. The zero-order chi connectivity index (χ0) is 10.8. The Balaban J connectivity index is 1.89. The van der Waals surface area contributed by atoms with Gasteiger partial charge in [-0.05, 0) is 0 Å². The molecule has 0 radical (unpaired) electrons. The molecule has 0 aliphatic heterocycles. The SMILES string of the molecule is C1=CC[C]([Eu]([C]2=CC=CC2)[C]2=CC=CC2)=C1. The van der Waals surface area contributed by atoms with Crippen LogP contribution in [0.25, 0.3) is 0 Å². The first-order chi connectivity index (χ1) is 7.95. The molecule has 82 valence electrons. The quantitative estimate of drug-likeness (QED) is 0.720. The Morgan fingerprint density at radius 2 is 1.00 bits per heavy atom. The van der Waals surface area contributed by atoms with Gasteiger partial charge in [-0.15, -0.1) is 0 Å². The van der Waals surface area contributed by atoms with Gasteiger partial charge in [-0.3, -0.25) is 0 Å². The van der Waals surface area contributed by atoms with Gasteiger partial charge in [0.05, 0.1) is 0 Å². The standard InChI is InChI=1S/3C5H5.Eu/c3*1-2-4-5-3-1;/h3*1-3H,4H2;. The van der Waals surface area contributed by atoms with Crippen LogP contribution in [0.3, 0.4) is 0 Å². The van der Waals surface area contributed by atoms with Crippen LogP contribution in [0.5, 0.6) is 0 Å². The molecule has 1 heteroatoms. The van der Waals surface area contributed by atoms with Crippen LogP contribution >= 0.6 is 0 Å². The number of rotatable bonds is 3. The zero-order valence-corrected chi connectivity index (χ0v) is 11.6. The molecule has 3 rings (SSSR count). The third-order valence-corrected chi connectivity index (χ3v) is 10.3. The zero-order valence-electron chi connectivity index (χ0n) is 9.20. The summed E-state index contributed by atoms with van der Waals surface area (Å²) in [5.41, 5.74) is 0. The van der Waals surface area contributed by atoms with Gasteiger partial charge in [0.1, 0.15) is 0 Å². The predicted molar refractivity (Wildman–Crippen MR) is 65.5 cm³/mol. The molecule has 0 nitrogen and oxygen atoms in total. The summed E-state index contributed by atoms with van der Waals surface area (Å²) in [6.45, 7) is 0. The fourth-order valence-electron chi connectivity index (χ4n) is 2.15. The minimum atomic E-state index is -1.51. The van der Waals surface area contributed by atoms with Crippen LogP contribution in [0.4, 0.5) is 0 Å². The van der Waals surface area contributed by atoms with Crippen LogP contribution < -0.4 is 0 Å². The molecule has 0 aromatic rings. The van der Waals surface area contributed by atoms with Gasteiger partial charge in [0.15, 0.2) is 0 Å². The minimum absolute atomic E-state index is 1.21. The molecular weight excluding hydrogens is 332 g/mol. The topological polar surface area (TPSA) is 0 Å². The Labute approximate surface area is 114 Å². The summed E-state index contributed by atoms with van der Waals surface area (Å²) in [5, 5.41) is 0. The summed E-state index contributed by atoms with van der Waals surface area (Å²) in [7, 11) is 0. The molecule has 0 saturated carbocycles. The second kappa shape index (κ2) is 5.12. The van der Waals surface area contributed by atoms with Crippen molar-refractivity contribution in [3.63, 3.8) is 0 Å². The Morgan fingerprint density at radius 3 is 1.25 bits per heavy atom. The van der Waals surface area contributed by atoms with Crippen molar-refractivity contribution < 1.29 is 42.3 Å². The molecule has 0 amide bonds. The van der Waals surface area contributed by atoms with E-state index in [0.29, 0.717) is 0 Å². The van der Waals surface area contributed by atoms with Crippen molar-refractivity contribution in [2.75, 3.05) is 0 Å². The molecular formula is C15H15Eu. The normalized spacial score (nSPS) is 22.5. The summed E-state index contributed by atoms with van der Waals surface area (Å²) in [5.74, 6) is 0. The Kier molecular flexibility index (Phi) is 3.56. The van der Waals surface area contributed by atoms with Crippen LogP contribution in [-0.4, -0.2) is 0 Å². The van der Waals surface area contributed by atoms with Gasteiger partial charge in [0, 0.05) is 0 Å². The van der Waals surface area contributed by atoms with Gasteiger partial charge in [-0.2, -0.15) is 0 Å². The van der Waals surface area contributed by atoms with Gasteiger partial charge in [-0.1, -0.05) is 0 Å². The fraction of sp³-hybridized carbons (Fsp3) is 0.200. The Morgan fingerprint density at radius 1 is 0.625 bits per heavy atom. The second-order valence-corrected chi connectivity index (χ2v) is 10.5. The maximum atomic E-state index is 2.38. The van der Waals surface area contributed by atoms with Crippen molar-refractivity contribution in [3.8, 4) is 0 Å². The van der Waals surface area contributed by atoms with E-state index < -0.39 is 42.3 Å². The van der Waals surface area contributed by atoms with E-state index in [1.54, 1.807) is -0.0981 Å². The van der Waals surface area contributed by atoms with Crippen LogP contribution in [0, 0.1) is 42.3 Å². The summed E-state index contributed by atoms with van der Waals surface area (Å²) >= 11 is -1.51. The van der Waals surface area contributed by atoms with Crippen molar-refractivity contribution in [1.82, 2.24) is 0 Å². The molecule has 0 bridgehead atoms. The molecule has 16 heavy (non-hydrogen) atoms. The molecule has 0 atom stereocenters. The third-order valence-electron chi connectivity index (χ3n) is 2.91. The van der Waals surface area contributed by atoms with Crippen LogP contribution in [0.15, 0.2) is 54.6 Å². The van der Waals surface area contributed by atoms with Gasteiger partial charge in [0.2, 0.25) is 0 Å². The average Bonchev–Trinajstić information content (AvgIpc) is 3.02. The second-order valence-electron chi connectivity index (χ2n) is 4.02. The van der Waals surface area contributed by atoms with E-state index in [1.165, 1.54) is 19.3 Å². The number of allylic oxidation sites excluding steroid dienone is 12. The third kappa shape index (κ3) is 2.18. The Hall–Kier alpha value is 0.0244. The van der Waals surface area contributed by atoms with Crippen LogP contribution in [0.2, 0.25) is 0 Å². The molecule has 0 N–H and O–H groups in total. The number of hydrogen-bond donors (Lipinski definition) is 0. The maximum absolute atomic E-state index is 2.38. The molecule has 0 fully saturated rings. The van der Waals surface area contributed by atoms with Gasteiger partial charge in [-0.25, -0.2) is 0 Å². The summed E-state index contributed by atoms with van der Waals surface area (Å²) < 4.78 is 5.24. The average molecular weight is 347 g/mol. The van der Waals surface area contributed by atoms with Crippen molar-refractivity contribution in [1.29, 1.82) is 0 Å². The van der Waals surface area contributed by atoms with E-state index >= 15 is 0 Å². The van der Waals surface area contributed by atoms with Crippen molar-refractivity contribution in [2.24, 2.45) is 0 Å². The summed E-state index contributed by atoms with van der Waals surface area (Å²) in [4.78, 5) is 0. The molecule has 0 spiro atoms. The molecule has 0 heterocycles. The van der Waals surface area contributed by atoms with E-state index in [0.717, 1.165) is 0 Å². The molecule has 0 aromatic heterocycles. The van der Waals surface area contributed by atoms with Gasteiger partial charge >= 0.3 is 116 Å². The van der Waals surface area contributed by atoms with Crippen molar-refractivity contribution in [3.05, 3.63) is 54.6 Å². The van der Waals surface area contributed by atoms with Crippen molar-refractivity contribution >= 4 is 0 Å². The van der Waals surface area contributed by atoms with E-state index in [2.05, 4.69) is 54.7 Å². The first kappa shape index (κ1) is 11.1. The van der Waals surface area contributed by atoms with Gasteiger partial charge in [0.25, 0.3) is 0 Å². The van der Waals surface area contributed by atoms with E-state index in [-0.39, 0.29) is 0 Å². The Bertz CT molecular complexity index is 398. The molecule has 3 aliphatic carbocycles. The molecule has 0 aromatic carbocycles. The number of hydrogen-bond acceptors (Lipinski definition) is 0. The van der Waals surface area contributed by atoms with E-state index in [4.69, 9.17) is 0 Å². The molecule has 0 saturated heterocycles. The first-order valence-electron chi connectivity index (χ1n) is 5.72. The fourth-order valence-corrected chi connectivity index (χ4v) is 9.41. The monoisotopic (exact) mass is 348 g/mol. The van der Waals surface area contributed by atoms with E-state index in [1.807, 2.05) is 0 Å². The summed E-state index contributed by atoms with van der Waals surface area (Å²) in [6, 6.07) is 0. The van der Waals surface area contributed by atoms with E-state index in [9.17, 15) is 0 Å². The summed E-state index contributed by atoms with van der Waals surface area (Å²) in [6.07, 6.45) is 24.4. The molecule has 0 unspecified atom stereocenters. The van der Waals surface area contributed by atoms with Crippen molar-refractivity contribution in [2.45, 2.75) is 19.3 Å². The van der Waals surface area contributed by atoms with Crippen LogP contribution in [0.1, 0.15) is 19.3 Å². The molecule has 3 aliphatic rings. The first-order valence-corrected chi connectivity index (χ1v) is 9.36. The van der Waals surface area contributed by atoms with Crippen LogP contribution in [-0.2, 0) is 0 Å². The van der Waals surface area contributed by atoms with Gasteiger partial charge < -0.3 is 0 Å².